The lowest BCUT2D eigenvalue weighted by molar-refractivity contribution is 0.0599. The van der Waals surface area contributed by atoms with Crippen molar-refractivity contribution >= 4 is 23.7 Å². The van der Waals surface area contributed by atoms with E-state index in [0.717, 1.165) is 16.9 Å². The van der Waals surface area contributed by atoms with Gasteiger partial charge in [-0.1, -0.05) is 6.07 Å². The Hall–Kier alpha value is -2.48. The molecular formula is C19H24FN3O3S. The maximum Gasteiger partial charge on any atom is 0.341 e. The molecule has 0 saturated carbocycles. The van der Waals surface area contributed by atoms with Crippen LogP contribution < -0.4 is 10.6 Å². The summed E-state index contributed by atoms with van der Waals surface area (Å²) in [6.45, 7) is 2.59. The van der Waals surface area contributed by atoms with E-state index in [1.54, 1.807) is 43.9 Å². The first-order valence-electron chi connectivity index (χ1n) is 8.36. The number of carbonyl (C=O) groups is 1. The highest BCUT2D eigenvalue weighted by molar-refractivity contribution is 7.97. The van der Waals surface area contributed by atoms with Gasteiger partial charge in [-0.3, -0.25) is 4.99 Å². The quantitative estimate of drug-likeness (QED) is 0.427. The third-order valence-corrected chi connectivity index (χ3v) is 4.54. The van der Waals surface area contributed by atoms with Crippen LogP contribution in [0.5, 0.6) is 0 Å². The number of nitrogens with one attached hydrogen (secondary N) is 2. The number of methoxy groups -OCH3 is 1. The molecule has 27 heavy (non-hydrogen) atoms. The molecule has 0 unspecified atom stereocenters. The minimum absolute atomic E-state index is 0.236. The Morgan fingerprint density at radius 3 is 2.67 bits per heavy atom. The largest absolute Gasteiger partial charge is 0.465 e. The zero-order chi connectivity index (χ0) is 19.8. The summed E-state index contributed by atoms with van der Waals surface area (Å²) in [4.78, 5) is 15.8. The van der Waals surface area contributed by atoms with E-state index in [9.17, 15) is 9.18 Å². The van der Waals surface area contributed by atoms with Crippen LogP contribution in [0.3, 0.4) is 0 Å². The van der Waals surface area contributed by atoms with Crippen LogP contribution >= 0.6 is 11.8 Å². The zero-order valence-corrected chi connectivity index (χ0v) is 16.7. The van der Waals surface area contributed by atoms with Gasteiger partial charge in [0, 0.05) is 19.3 Å². The van der Waals surface area contributed by atoms with E-state index in [2.05, 4.69) is 15.6 Å². The Morgan fingerprint density at radius 1 is 1.26 bits per heavy atom. The molecule has 2 rings (SSSR count). The number of aryl methyl sites for hydroxylation is 1. The first-order valence-corrected chi connectivity index (χ1v) is 9.76. The minimum Gasteiger partial charge on any atom is -0.465 e. The van der Waals surface area contributed by atoms with Gasteiger partial charge in [0.1, 0.15) is 22.9 Å². The summed E-state index contributed by atoms with van der Waals surface area (Å²) in [5, 5.41) is 6.33. The minimum atomic E-state index is -0.428. The van der Waals surface area contributed by atoms with Gasteiger partial charge in [-0.15, -0.1) is 0 Å². The van der Waals surface area contributed by atoms with Crippen molar-refractivity contribution in [2.75, 3.05) is 20.4 Å². The maximum absolute atomic E-state index is 13.5. The van der Waals surface area contributed by atoms with E-state index >= 15 is 0 Å². The fourth-order valence-electron chi connectivity index (χ4n) is 2.57. The molecule has 0 aliphatic heterocycles. The van der Waals surface area contributed by atoms with Gasteiger partial charge in [-0.2, -0.15) is 11.8 Å². The van der Waals surface area contributed by atoms with Crippen molar-refractivity contribution in [3.63, 3.8) is 0 Å². The number of aliphatic imine (C=N–C) groups is 1. The molecule has 2 aromatic rings. The van der Waals surface area contributed by atoms with E-state index in [4.69, 9.17) is 9.15 Å². The fraction of sp³-hybridized carbons (Fsp3) is 0.368. The Bertz CT molecular complexity index is 821. The van der Waals surface area contributed by atoms with Crippen molar-refractivity contribution in [3.8, 4) is 0 Å². The second-order valence-corrected chi connectivity index (χ2v) is 6.67. The monoisotopic (exact) mass is 393 g/mol. The Balaban J connectivity index is 1.96. The summed E-state index contributed by atoms with van der Waals surface area (Å²) >= 11 is 1.64. The summed E-state index contributed by atoms with van der Waals surface area (Å²) < 4.78 is 23.7. The van der Waals surface area contributed by atoms with Crippen molar-refractivity contribution in [2.24, 2.45) is 4.99 Å². The van der Waals surface area contributed by atoms with Crippen LogP contribution in [0.1, 0.15) is 33.0 Å². The molecule has 0 aliphatic rings. The van der Waals surface area contributed by atoms with Crippen molar-refractivity contribution in [1.29, 1.82) is 0 Å². The van der Waals surface area contributed by atoms with Crippen LogP contribution in [0.15, 0.2) is 33.7 Å². The summed E-state index contributed by atoms with van der Waals surface area (Å²) in [6.07, 6.45) is 1.98. The van der Waals surface area contributed by atoms with E-state index in [0.29, 0.717) is 36.1 Å². The Kier molecular flexibility index (Phi) is 7.72. The first kappa shape index (κ1) is 20.8. The van der Waals surface area contributed by atoms with E-state index in [1.807, 2.05) is 6.26 Å². The van der Waals surface area contributed by atoms with Crippen LogP contribution in [0.4, 0.5) is 4.39 Å². The van der Waals surface area contributed by atoms with Gasteiger partial charge in [0.15, 0.2) is 5.96 Å². The molecule has 1 heterocycles. The van der Waals surface area contributed by atoms with Crippen molar-refractivity contribution in [1.82, 2.24) is 10.6 Å². The molecule has 6 nitrogen and oxygen atoms in total. The molecule has 0 bridgehead atoms. The van der Waals surface area contributed by atoms with Gasteiger partial charge in [0.2, 0.25) is 0 Å². The number of thioether (sulfide) groups is 1. The van der Waals surface area contributed by atoms with E-state index in [1.165, 1.54) is 13.2 Å². The maximum atomic E-state index is 13.5. The topological polar surface area (TPSA) is 75.9 Å². The number of esters is 1. The summed E-state index contributed by atoms with van der Waals surface area (Å²) in [5.41, 5.74) is 2.37. The number of guanidine groups is 1. The number of furan rings is 1. The van der Waals surface area contributed by atoms with Crippen LogP contribution in [-0.2, 0) is 23.6 Å². The SMILES string of the molecule is CN=C(NCc1cc(C(=O)OC)c(C)o1)NCc1ccc(F)cc1CSC. The highest BCUT2D eigenvalue weighted by atomic mass is 32.2. The lowest BCUT2D eigenvalue weighted by Crippen LogP contribution is -2.36. The molecule has 0 radical (unpaired) electrons. The summed E-state index contributed by atoms with van der Waals surface area (Å²) in [6, 6.07) is 6.44. The van der Waals surface area contributed by atoms with Gasteiger partial charge in [-0.25, -0.2) is 9.18 Å². The van der Waals surface area contributed by atoms with Crippen LogP contribution in [0.25, 0.3) is 0 Å². The highest BCUT2D eigenvalue weighted by Crippen LogP contribution is 2.17. The van der Waals surface area contributed by atoms with Crippen molar-refractivity contribution in [2.45, 2.75) is 25.8 Å². The molecule has 0 saturated heterocycles. The Labute approximate surface area is 162 Å². The molecule has 0 atom stereocenters. The third kappa shape index (κ3) is 5.75. The highest BCUT2D eigenvalue weighted by Gasteiger charge is 2.15. The number of ether oxygens (including phenoxy) is 1. The number of halogens is 1. The van der Waals surface area contributed by atoms with E-state index < -0.39 is 5.97 Å². The van der Waals surface area contributed by atoms with Crippen molar-refractivity contribution < 1.29 is 18.3 Å². The van der Waals surface area contributed by atoms with Crippen molar-refractivity contribution in [3.05, 3.63) is 58.3 Å². The number of rotatable bonds is 7. The second-order valence-electron chi connectivity index (χ2n) is 5.80. The van der Waals surface area contributed by atoms with Gasteiger partial charge in [0.05, 0.1) is 13.7 Å². The molecule has 0 amide bonds. The summed E-state index contributed by atoms with van der Waals surface area (Å²) in [7, 11) is 3.00. The van der Waals surface area contributed by atoms with Gasteiger partial charge < -0.3 is 19.8 Å². The van der Waals surface area contributed by atoms with Crippen LogP contribution in [0, 0.1) is 12.7 Å². The normalized spacial score (nSPS) is 11.4. The summed E-state index contributed by atoms with van der Waals surface area (Å²) in [5.74, 6) is 1.75. The predicted molar refractivity (Wildman–Crippen MR) is 105 cm³/mol. The molecule has 146 valence electrons. The lowest BCUT2D eigenvalue weighted by Gasteiger charge is -2.13. The van der Waals surface area contributed by atoms with Gasteiger partial charge >= 0.3 is 5.97 Å². The molecule has 8 heteroatoms. The number of carbonyl (C=O) groups excluding carboxylic acids is 1. The molecule has 2 N–H and O–H groups in total. The lowest BCUT2D eigenvalue weighted by atomic mass is 10.1. The van der Waals surface area contributed by atoms with Crippen LogP contribution in [-0.4, -0.2) is 32.3 Å². The molecule has 0 aliphatic carbocycles. The number of nitrogens with zero attached hydrogens (tertiary/aromatic N) is 1. The second kappa shape index (κ2) is 10.0. The third-order valence-electron chi connectivity index (χ3n) is 3.94. The molecule has 1 aromatic carbocycles. The average molecular weight is 393 g/mol. The molecule has 1 aromatic heterocycles. The standard InChI is InChI=1S/C19H24FN3O3S/c1-12-17(18(24)25-3)8-16(26-12)10-23-19(21-2)22-9-13-5-6-15(20)7-14(13)11-27-4/h5-8H,9-11H2,1-4H3,(H2,21,22,23). The number of hydrogen-bond acceptors (Lipinski definition) is 5. The molecule has 0 fully saturated rings. The average Bonchev–Trinajstić information content (AvgIpc) is 3.03. The Morgan fingerprint density at radius 2 is 2.00 bits per heavy atom. The molecular weight excluding hydrogens is 369 g/mol. The number of hydrogen-bond donors (Lipinski definition) is 2. The number of benzene rings is 1. The van der Waals surface area contributed by atoms with E-state index in [-0.39, 0.29) is 5.82 Å². The fourth-order valence-corrected chi connectivity index (χ4v) is 3.15. The van der Waals surface area contributed by atoms with Crippen LogP contribution in [0.2, 0.25) is 0 Å². The first-order chi connectivity index (χ1) is 13.0. The molecule has 0 spiro atoms. The van der Waals surface area contributed by atoms with Gasteiger partial charge in [-0.05, 0) is 42.5 Å². The smallest absolute Gasteiger partial charge is 0.341 e. The van der Waals surface area contributed by atoms with Gasteiger partial charge in [0.25, 0.3) is 0 Å². The zero-order valence-electron chi connectivity index (χ0n) is 15.9. The predicted octanol–water partition coefficient (Wildman–Crippen LogP) is 3.24.